The highest BCUT2D eigenvalue weighted by atomic mass is 32.2. The van der Waals surface area contributed by atoms with Crippen LogP contribution in [0.5, 0.6) is 0 Å². The summed E-state index contributed by atoms with van der Waals surface area (Å²) in [6.45, 7) is 1.97. The molecule has 1 aliphatic rings. The highest BCUT2D eigenvalue weighted by molar-refractivity contribution is 7.90. The van der Waals surface area contributed by atoms with Crippen molar-refractivity contribution in [1.82, 2.24) is 4.98 Å². The van der Waals surface area contributed by atoms with E-state index in [9.17, 15) is 4.55 Å². The number of hydrogen-bond donors (Lipinski definition) is 0. The summed E-state index contributed by atoms with van der Waals surface area (Å²) < 4.78 is 11.2. The Labute approximate surface area is 75.2 Å². The zero-order valence-electron chi connectivity index (χ0n) is 7.04. The first-order chi connectivity index (χ1) is 5.75. The predicted octanol–water partition coefficient (Wildman–Crippen LogP) is 1.19. The second-order valence-corrected chi connectivity index (χ2v) is 4.71. The van der Waals surface area contributed by atoms with Gasteiger partial charge in [0.1, 0.15) is 11.5 Å². The second kappa shape index (κ2) is 3.07. The molecule has 0 bridgehead atoms. The van der Waals surface area contributed by atoms with E-state index in [1.54, 1.807) is 0 Å². The Hall–Kier alpha value is -0.540. The fraction of sp³-hybridized carbons (Fsp3) is 0.444. The van der Waals surface area contributed by atoms with E-state index in [0.717, 1.165) is 23.6 Å². The van der Waals surface area contributed by atoms with Crippen molar-refractivity contribution in [2.75, 3.05) is 5.75 Å². The molecule has 2 heterocycles. The van der Waals surface area contributed by atoms with Gasteiger partial charge in [-0.3, -0.25) is 4.98 Å². The molecule has 0 radical (unpaired) electrons. The Morgan fingerprint density at radius 2 is 2.33 bits per heavy atom. The smallest absolute Gasteiger partial charge is 0.131 e. The van der Waals surface area contributed by atoms with Gasteiger partial charge in [-0.1, -0.05) is 0 Å². The van der Waals surface area contributed by atoms with Crippen LogP contribution in [0.25, 0.3) is 0 Å². The van der Waals surface area contributed by atoms with Gasteiger partial charge in [-0.05, 0) is 29.7 Å². The van der Waals surface area contributed by atoms with Crippen molar-refractivity contribution in [3.8, 4) is 0 Å². The van der Waals surface area contributed by atoms with Gasteiger partial charge in [-0.2, -0.15) is 0 Å². The lowest BCUT2D eigenvalue weighted by Crippen LogP contribution is -2.19. The molecule has 0 N–H and O–H groups in total. The van der Waals surface area contributed by atoms with Crippen LogP contribution < -0.4 is 0 Å². The van der Waals surface area contributed by atoms with Crippen LogP contribution in [0.3, 0.4) is 0 Å². The van der Waals surface area contributed by atoms with E-state index in [1.807, 2.05) is 19.2 Å². The fourth-order valence-corrected chi connectivity index (χ4v) is 2.68. The van der Waals surface area contributed by atoms with Crippen LogP contribution in [0.4, 0.5) is 0 Å². The Kier molecular flexibility index (Phi) is 2.07. The quantitative estimate of drug-likeness (QED) is 0.564. The van der Waals surface area contributed by atoms with Gasteiger partial charge in [0, 0.05) is 23.9 Å². The van der Waals surface area contributed by atoms with Crippen LogP contribution in [0.2, 0.25) is 0 Å². The molecule has 1 aromatic rings. The molecule has 1 atom stereocenters. The van der Waals surface area contributed by atoms with E-state index >= 15 is 0 Å². The molecule has 0 aliphatic carbocycles. The molecule has 0 saturated heterocycles. The van der Waals surface area contributed by atoms with E-state index in [0.29, 0.717) is 0 Å². The van der Waals surface area contributed by atoms with Crippen molar-refractivity contribution in [2.45, 2.75) is 19.1 Å². The Morgan fingerprint density at radius 3 is 3.17 bits per heavy atom. The first-order valence-corrected chi connectivity index (χ1v) is 5.54. The average Bonchev–Trinajstić information content (AvgIpc) is 2.03. The molecule has 0 aromatic carbocycles. The van der Waals surface area contributed by atoms with Crippen LogP contribution in [0.1, 0.15) is 16.8 Å². The third-order valence-corrected chi connectivity index (χ3v) is 3.43. The highest BCUT2D eigenvalue weighted by Crippen LogP contribution is 2.19. The lowest BCUT2D eigenvalue weighted by molar-refractivity contribution is 0.590. The SMILES string of the molecule is Cc1cc2c(cn1)CC[S+]([O-])C2. The molecule has 0 saturated carbocycles. The van der Waals surface area contributed by atoms with Gasteiger partial charge in [0.2, 0.25) is 0 Å². The normalized spacial score (nSPS) is 22.0. The maximum Gasteiger partial charge on any atom is 0.131 e. The number of hydrogen-bond acceptors (Lipinski definition) is 2. The average molecular weight is 181 g/mol. The zero-order valence-corrected chi connectivity index (χ0v) is 7.86. The maximum absolute atomic E-state index is 11.2. The summed E-state index contributed by atoms with van der Waals surface area (Å²) in [5.41, 5.74) is 3.53. The number of pyridine rings is 1. The number of aromatic nitrogens is 1. The van der Waals surface area contributed by atoms with Crippen molar-refractivity contribution in [3.63, 3.8) is 0 Å². The summed E-state index contributed by atoms with van der Waals surface area (Å²) in [6, 6.07) is 2.05. The topological polar surface area (TPSA) is 36.0 Å². The number of aryl methyl sites for hydroxylation is 2. The summed E-state index contributed by atoms with van der Waals surface area (Å²) in [6.07, 6.45) is 2.84. The van der Waals surface area contributed by atoms with Gasteiger partial charge >= 0.3 is 0 Å². The lowest BCUT2D eigenvalue weighted by atomic mass is 10.1. The van der Waals surface area contributed by atoms with Gasteiger partial charge in [-0.15, -0.1) is 0 Å². The summed E-state index contributed by atoms with van der Waals surface area (Å²) in [7, 11) is 0. The number of rotatable bonds is 0. The molecule has 1 unspecified atom stereocenters. The summed E-state index contributed by atoms with van der Waals surface area (Å²) >= 11 is -0.638. The van der Waals surface area contributed by atoms with E-state index in [-0.39, 0.29) is 0 Å². The minimum Gasteiger partial charge on any atom is -0.616 e. The first-order valence-electron chi connectivity index (χ1n) is 4.05. The third-order valence-electron chi connectivity index (χ3n) is 2.14. The lowest BCUT2D eigenvalue weighted by Gasteiger charge is -2.19. The molecule has 1 aliphatic heterocycles. The minimum absolute atomic E-state index is 0.638. The molecule has 2 nitrogen and oxygen atoms in total. The zero-order chi connectivity index (χ0) is 8.55. The Balaban J connectivity index is 2.37. The van der Waals surface area contributed by atoms with E-state index in [2.05, 4.69) is 4.98 Å². The number of fused-ring (bicyclic) bond motifs is 1. The standard InChI is InChI=1S/C9H11NOS/c1-7-4-9-6-12(11)3-2-8(9)5-10-7/h4-5H,2-3,6H2,1H3. The van der Waals surface area contributed by atoms with Crippen LogP contribution in [-0.4, -0.2) is 15.3 Å². The number of nitrogens with zero attached hydrogens (tertiary/aromatic N) is 1. The molecule has 3 heteroatoms. The molecule has 2 rings (SSSR count). The second-order valence-electron chi connectivity index (χ2n) is 3.13. The highest BCUT2D eigenvalue weighted by Gasteiger charge is 2.18. The van der Waals surface area contributed by atoms with Crippen molar-refractivity contribution >= 4 is 11.2 Å². The van der Waals surface area contributed by atoms with Crippen LogP contribution in [-0.2, 0) is 23.3 Å². The van der Waals surface area contributed by atoms with Gasteiger partial charge < -0.3 is 4.55 Å². The summed E-state index contributed by atoms with van der Waals surface area (Å²) in [5, 5.41) is 0. The van der Waals surface area contributed by atoms with E-state index in [1.165, 1.54) is 11.1 Å². The van der Waals surface area contributed by atoms with Gasteiger partial charge in [0.15, 0.2) is 0 Å². The molecule has 64 valence electrons. The fourth-order valence-electron chi connectivity index (χ4n) is 1.47. The minimum atomic E-state index is -0.638. The molecule has 1 aromatic heterocycles. The molecular formula is C9H11NOS. The predicted molar refractivity (Wildman–Crippen MR) is 49.4 cm³/mol. The van der Waals surface area contributed by atoms with Crippen molar-refractivity contribution in [3.05, 3.63) is 29.1 Å². The monoisotopic (exact) mass is 181 g/mol. The van der Waals surface area contributed by atoms with Crippen molar-refractivity contribution < 1.29 is 4.55 Å². The Morgan fingerprint density at radius 1 is 1.50 bits per heavy atom. The van der Waals surface area contributed by atoms with Crippen LogP contribution >= 0.6 is 0 Å². The van der Waals surface area contributed by atoms with Crippen LogP contribution in [0.15, 0.2) is 12.3 Å². The van der Waals surface area contributed by atoms with E-state index < -0.39 is 11.2 Å². The first kappa shape index (κ1) is 8.08. The van der Waals surface area contributed by atoms with Gasteiger partial charge in [0.05, 0.1) is 0 Å². The third kappa shape index (κ3) is 1.47. The largest absolute Gasteiger partial charge is 0.616 e. The molecule has 0 amide bonds. The van der Waals surface area contributed by atoms with Gasteiger partial charge in [0.25, 0.3) is 0 Å². The summed E-state index contributed by atoms with van der Waals surface area (Å²) in [5.74, 6) is 1.52. The molecule has 12 heavy (non-hydrogen) atoms. The Bertz CT molecular complexity index is 301. The summed E-state index contributed by atoms with van der Waals surface area (Å²) in [4.78, 5) is 4.22. The van der Waals surface area contributed by atoms with Crippen molar-refractivity contribution in [1.29, 1.82) is 0 Å². The molecule has 0 fully saturated rings. The van der Waals surface area contributed by atoms with E-state index in [4.69, 9.17) is 0 Å². The van der Waals surface area contributed by atoms with Gasteiger partial charge in [-0.25, -0.2) is 0 Å². The maximum atomic E-state index is 11.2. The van der Waals surface area contributed by atoms with Crippen molar-refractivity contribution in [2.24, 2.45) is 0 Å². The van der Waals surface area contributed by atoms with Crippen LogP contribution in [0, 0.1) is 6.92 Å². The molecular weight excluding hydrogens is 170 g/mol. The molecule has 0 spiro atoms.